The molecule has 0 unspecified atom stereocenters. The highest BCUT2D eigenvalue weighted by molar-refractivity contribution is 5.95. The first-order valence-electron chi connectivity index (χ1n) is 8.31. The number of aromatic nitrogens is 1. The number of hydrogen-bond donors (Lipinski definition) is 1. The number of anilines is 2. The summed E-state index contributed by atoms with van der Waals surface area (Å²) in [5, 5.41) is 3.27. The van der Waals surface area contributed by atoms with Gasteiger partial charge in [0.15, 0.2) is 0 Å². The summed E-state index contributed by atoms with van der Waals surface area (Å²) in [6.45, 7) is 3.90. The minimum atomic E-state index is 0.0628. The molecule has 1 saturated heterocycles. The summed E-state index contributed by atoms with van der Waals surface area (Å²) in [4.78, 5) is 18.8. The minimum Gasteiger partial charge on any atom is -0.497 e. The topological polar surface area (TPSA) is 54.5 Å². The van der Waals surface area contributed by atoms with Crippen LogP contribution in [0.4, 0.5) is 11.4 Å². The van der Waals surface area contributed by atoms with Crippen LogP contribution in [0.25, 0.3) is 0 Å². The summed E-state index contributed by atoms with van der Waals surface area (Å²) < 4.78 is 5.15. The van der Waals surface area contributed by atoms with Crippen LogP contribution in [0.1, 0.15) is 30.1 Å². The highest BCUT2D eigenvalue weighted by Crippen LogP contribution is 2.22. The molecular weight excluding hydrogens is 302 g/mol. The van der Waals surface area contributed by atoms with E-state index in [0.717, 1.165) is 43.1 Å². The lowest BCUT2D eigenvalue weighted by atomic mass is 9.99. The number of carbonyl (C=O) groups excluding carboxylic acids is 1. The highest BCUT2D eigenvalue weighted by atomic mass is 16.5. The van der Waals surface area contributed by atoms with Gasteiger partial charge in [0.2, 0.25) is 0 Å². The van der Waals surface area contributed by atoms with Crippen molar-refractivity contribution < 1.29 is 9.53 Å². The number of nitrogens with one attached hydrogen (secondary N) is 1. The van der Waals surface area contributed by atoms with Crippen LogP contribution in [0.3, 0.4) is 0 Å². The van der Waals surface area contributed by atoms with E-state index < -0.39 is 0 Å². The van der Waals surface area contributed by atoms with Gasteiger partial charge >= 0.3 is 0 Å². The molecule has 1 aromatic carbocycles. The lowest BCUT2D eigenvalue weighted by molar-refractivity contribution is 0.0697. The smallest absolute Gasteiger partial charge is 0.255 e. The Morgan fingerprint density at radius 3 is 2.54 bits per heavy atom. The van der Waals surface area contributed by atoms with Gasteiger partial charge in [-0.25, -0.2) is 0 Å². The van der Waals surface area contributed by atoms with Crippen molar-refractivity contribution in [2.75, 3.05) is 25.5 Å². The van der Waals surface area contributed by atoms with Crippen molar-refractivity contribution in [3.8, 4) is 5.75 Å². The van der Waals surface area contributed by atoms with Gasteiger partial charge in [0.25, 0.3) is 5.91 Å². The van der Waals surface area contributed by atoms with Gasteiger partial charge in [0.1, 0.15) is 5.75 Å². The highest BCUT2D eigenvalue weighted by Gasteiger charge is 2.21. The molecule has 1 fully saturated rings. The van der Waals surface area contributed by atoms with Crippen molar-refractivity contribution in [2.45, 2.75) is 19.8 Å². The number of rotatable bonds is 4. The first-order valence-corrected chi connectivity index (χ1v) is 8.31. The predicted molar refractivity (Wildman–Crippen MR) is 94.8 cm³/mol. The van der Waals surface area contributed by atoms with Gasteiger partial charge in [-0.05, 0) is 49.1 Å². The molecule has 0 aliphatic carbocycles. The number of carbonyl (C=O) groups is 1. The summed E-state index contributed by atoms with van der Waals surface area (Å²) in [6, 6.07) is 9.50. The van der Waals surface area contributed by atoms with Gasteiger partial charge in [0, 0.05) is 25.0 Å². The Hall–Kier alpha value is -2.56. The van der Waals surface area contributed by atoms with E-state index in [4.69, 9.17) is 4.74 Å². The molecule has 3 rings (SSSR count). The van der Waals surface area contributed by atoms with Crippen molar-refractivity contribution in [1.82, 2.24) is 9.88 Å². The normalized spacial score (nSPS) is 15.2. The second kappa shape index (κ2) is 7.34. The van der Waals surface area contributed by atoms with Gasteiger partial charge < -0.3 is 15.0 Å². The van der Waals surface area contributed by atoms with Gasteiger partial charge in [-0.1, -0.05) is 6.92 Å². The van der Waals surface area contributed by atoms with Crippen molar-refractivity contribution in [3.63, 3.8) is 0 Å². The number of likely N-dealkylation sites (tertiary alicyclic amines) is 1. The molecule has 1 N–H and O–H groups in total. The standard InChI is InChI=1S/C19H23N3O2/c1-14-7-9-22(10-8-14)19(23)15-11-17(13-20-12-15)21-16-3-5-18(24-2)6-4-16/h3-6,11-14,21H,7-10H2,1-2H3. The van der Waals surface area contributed by atoms with Crippen LogP contribution in [0.2, 0.25) is 0 Å². The zero-order valence-corrected chi connectivity index (χ0v) is 14.2. The van der Waals surface area contributed by atoms with Crippen LogP contribution >= 0.6 is 0 Å². The third-order valence-electron chi connectivity index (χ3n) is 4.43. The number of methoxy groups -OCH3 is 1. The average molecular weight is 325 g/mol. The van der Waals surface area contributed by atoms with Crippen LogP contribution in [-0.4, -0.2) is 36.0 Å². The Morgan fingerprint density at radius 1 is 1.17 bits per heavy atom. The largest absolute Gasteiger partial charge is 0.497 e. The Morgan fingerprint density at radius 2 is 1.88 bits per heavy atom. The molecule has 5 nitrogen and oxygen atoms in total. The van der Waals surface area contributed by atoms with E-state index in [1.807, 2.05) is 35.2 Å². The quantitative estimate of drug-likeness (QED) is 0.931. The number of benzene rings is 1. The maximum atomic E-state index is 12.6. The molecule has 0 radical (unpaired) electrons. The second-order valence-electron chi connectivity index (χ2n) is 6.29. The lowest BCUT2D eigenvalue weighted by Crippen LogP contribution is -2.37. The van der Waals surface area contributed by atoms with Crippen LogP contribution < -0.4 is 10.1 Å². The molecule has 0 bridgehead atoms. The predicted octanol–water partition coefficient (Wildman–Crippen LogP) is 3.71. The Balaban J connectivity index is 1.70. The molecule has 1 aliphatic rings. The fourth-order valence-electron chi connectivity index (χ4n) is 2.86. The lowest BCUT2D eigenvalue weighted by Gasteiger charge is -2.30. The summed E-state index contributed by atoms with van der Waals surface area (Å²) in [5.41, 5.74) is 2.36. The Labute approximate surface area is 142 Å². The van der Waals surface area contributed by atoms with Crippen molar-refractivity contribution in [3.05, 3.63) is 48.3 Å². The van der Waals surface area contributed by atoms with E-state index in [-0.39, 0.29) is 5.91 Å². The number of hydrogen-bond acceptors (Lipinski definition) is 4. The van der Waals surface area contributed by atoms with Crippen LogP contribution in [0, 0.1) is 5.92 Å². The van der Waals surface area contributed by atoms with Crippen LogP contribution in [0.5, 0.6) is 5.75 Å². The number of pyridine rings is 1. The molecule has 2 heterocycles. The molecule has 2 aromatic rings. The monoisotopic (exact) mass is 325 g/mol. The maximum Gasteiger partial charge on any atom is 0.255 e. The molecule has 0 saturated carbocycles. The number of ether oxygens (including phenoxy) is 1. The zero-order chi connectivity index (χ0) is 16.9. The molecule has 5 heteroatoms. The van der Waals surface area contributed by atoms with Crippen molar-refractivity contribution in [1.29, 1.82) is 0 Å². The van der Waals surface area contributed by atoms with Crippen LogP contribution in [-0.2, 0) is 0 Å². The van der Waals surface area contributed by atoms with Gasteiger partial charge in [-0.15, -0.1) is 0 Å². The summed E-state index contributed by atoms with van der Waals surface area (Å²) >= 11 is 0. The average Bonchev–Trinajstić information content (AvgIpc) is 2.63. The van der Waals surface area contributed by atoms with Gasteiger partial charge in [-0.2, -0.15) is 0 Å². The third kappa shape index (κ3) is 3.85. The fourth-order valence-corrected chi connectivity index (χ4v) is 2.86. The summed E-state index contributed by atoms with van der Waals surface area (Å²) in [5.74, 6) is 1.57. The molecule has 24 heavy (non-hydrogen) atoms. The van der Waals surface area contributed by atoms with Crippen molar-refractivity contribution in [2.24, 2.45) is 5.92 Å². The number of nitrogens with zero attached hydrogens (tertiary/aromatic N) is 2. The third-order valence-corrected chi connectivity index (χ3v) is 4.43. The fraction of sp³-hybridized carbons (Fsp3) is 0.368. The molecule has 0 spiro atoms. The number of piperidine rings is 1. The zero-order valence-electron chi connectivity index (χ0n) is 14.2. The van der Waals surface area contributed by atoms with Crippen LogP contribution in [0.15, 0.2) is 42.7 Å². The number of amides is 1. The van der Waals surface area contributed by atoms with E-state index in [0.29, 0.717) is 11.5 Å². The van der Waals surface area contributed by atoms with Crippen molar-refractivity contribution >= 4 is 17.3 Å². The maximum absolute atomic E-state index is 12.6. The summed E-state index contributed by atoms with van der Waals surface area (Å²) in [6.07, 6.45) is 5.50. The van der Waals surface area contributed by atoms with E-state index in [1.165, 1.54) is 0 Å². The van der Waals surface area contributed by atoms with E-state index in [9.17, 15) is 4.79 Å². The Kier molecular flexibility index (Phi) is 4.99. The molecular formula is C19H23N3O2. The molecule has 1 amide bonds. The minimum absolute atomic E-state index is 0.0628. The molecule has 1 aliphatic heterocycles. The Bertz CT molecular complexity index is 692. The van der Waals surface area contributed by atoms with E-state index in [2.05, 4.69) is 17.2 Å². The first-order chi connectivity index (χ1) is 11.7. The van der Waals surface area contributed by atoms with Gasteiger partial charge in [-0.3, -0.25) is 9.78 Å². The summed E-state index contributed by atoms with van der Waals surface area (Å²) in [7, 11) is 1.64. The van der Waals surface area contributed by atoms with Gasteiger partial charge in [0.05, 0.1) is 24.6 Å². The second-order valence-corrected chi connectivity index (χ2v) is 6.29. The van der Waals surface area contributed by atoms with E-state index in [1.54, 1.807) is 19.5 Å². The molecule has 126 valence electrons. The SMILES string of the molecule is COc1ccc(Nc2cncc(C(=O)N3CCC(C)CC3)c2)cc1. The molecule has 1 aromatic heterocycles. The molecule has 0 atom stereocenters. The van der Waals surface area contributed by atoms with E-state index >= 15 is 0 Å². The first kappa shape index (κ1) is 16.3.